The molecule has 0 radical (unpaired) electrons. The first-order valence-electron chi connectivity index (χ1n) is 11.0. The first-order valence-corrected chi connectivity index (χ1v) is 11.0. The molecule has 6 N–H and O–H groups in total. The standard InChI is InChI=1S/C19H36N8O4/c28-16-14-17(29)25-10-12-26(11-1-2-20-5-7-23-16)27-13-9-22-4-3-21-6-8-24-18(30)15-19(27)31/h20-22H,1-15H2,(H,23,28)(H,24,30)(H,25,29). The van der Waals surface area contributed by atoms with Gasteiger partial charge in [-0.05, 0) is 13.0 Å². The van der Waals surface area contributed by atoms with Gasteiger partial charge >= 0.3 is 0 Å². The second-order valence-corrected chi connectivity index (χ2v) is 7.48. The average Bonchev–Trinajstić information content (AvgIpc) is 2.73. The Hall–Kier alpha value is -2.28. The van der Waals surface area contributed by atoms with Gasteiger partial charge in [-0.1, -0.05) is 0 Å². The molecule has 2 saturated heterocycles. The molecule has 0 aromatic rings. The average molecular weight is 441 g/mol. The predicted molar refractivity (Wildman–Crippen MR) is 115 cm³/mol. The molecule has 0 spiro atoms. The summed E-state index contributed by atoms with van der Waals surface area (Å²) in [5, 5.41) is 21.5. The molecule has 4 amide bonds. The molecule has 0 atom stereocenters. The van der Waals surface area contributed by atoms with Gasteiger partial charge in [-0.25, -0.2) is 5.01 Å². The van der Waals surface area contributed by atoms with Crippen molar-refractivity contribution >= 4 is 23.6 Å². The van der Waals surface area contributed by atoms with Crippen LogP contribution >= 0.6 is 0 Å². The molecule has 12 nitrogen and oxygen atoms in total. The molecule has 0 aromatic carbocycles. The monoisotopic (exact) mass is 440 g/mol. The Morgan fingerprint density at radius 1 is 0.516 bits per heavy atom. The van der Waals surface area contributed by atoms with Gasteiger partial charge in [0.2, 0.25) is 23.6 Å². The molecule has 12 heteroatoms. The first-order chi connectivity index (χ1) is 15.1. The third kappa shape index (κ3) is 10.5. The number of hydrogen-bond donors (Lipinski definition) is 6. The molecule has 176 valence electrons. The lowest BCUT2D eigenvalue weighted by molar-refractivity contribution is -0.151. The molecule has 2 heterocycles. The van der Waals surface area contributed by atoms with Crippen LogP contribution in [-0.2, 0) is 19.2 Å². The highest BCUT2D eigenvalue weighted by molar-refractivity contribution is 5.97. The molecule has 2 fully saturated rings. The Morgan fingerprint density at radius 3 is 1.77 bits per heavy atom. The molecule has 2 aliphatic rings. The van der Waals surface area contributed by atoms with Crippen LogP contribution < -0.4 is 31.9 Å². The van der Waals surface area contributed by atoms with Crippen LogP contribution in [0.25, 0.3) is 0 Å². The topological polar surface area (TPSA) is 147 Å². The number of carbonyl (C=O) groups excluding carboxylic acids is 4. The van der Waals surface area contributed by atoms with Gasteiger partial charge in [0, 0.05) is 65.4 Å². The van der Waals surface area contributed by atoms with E-state index in [1.165, 1.54) is 0 Å². The summed E-state index contributed by atoms with van der Waals surface area (Å²) < 4.78 is 0. The number of amides is 4. The van der Waals surface area contributed by atoms with Crippen LogP contribution in [0, 0.1) is 0 Å². The highest BCUT2D eigenvalue weighted by Crippen LogP contribution is 2.04. The zero-order valence-electron chi connectivity index (χ0n) is 18.1. The number of carbonyl (C=O) groups is 4. The van der Waals surface area contributed by atoms with E-state index >= 15 is 0 Å². The second-order valence-electron chi connectivity index (χ2n) is 7.48. The Bertz CT molecular complexity index is 603. The van der Waals surface area contributed by atoms with Gasteiger partial charge < -0.3 is 31.9 Å². The smallest absolute Gasteiger partial charge is 0.246 e. The van der Waals surface area contributed by atoms with Crippen molar-refractivity contribution in [2.45, 2.75) is 19.3 Å². The van der Waals surface area contributed by atoms with Crippen LogP contribution in [0.3, 0.4) is 0 Å². The summed E-state index contributed by atoms with van der Waals surface area (Å²) in [6, 6.07) is 0. The van der Waals surface area contributed by atoms with Gasteiger partial charge in [0.15, 0.2) is 0 Å². The maximum absolute atomic E-state index is 12.9. The molecular weight excluding hydrogens is 404 g/mol. The highest BCUT2D eigenvalue weighted by atomic mass is 16.2. The van der Waals surface area contributed by atoms with Gasteiger partial charge in [-0.3, -0.25) is 24.2 Å². The number of hydrogen-bond acceptors (Lipinski definition) is 8. The molecule has 0 aliphatic carbocycles. The lowest BCUT2D eigenvalue weighted by Gasteiger charge is -2.35. The minimum absolute atomic E-state index is 0.221. The summed E-state index contributed by atoms with van der Waals surface area (Å²) in [7, 11) is 0. The summed E-state index contributed by atoms with van der Waals surface area (Å²) >= 11 is 0. The molecule has 31 heavy (non-hydrogen) atoms. The highest BCUT2D eigenvalue weighted by Gasteiger charge is 2.23. The first kappa shape index (κ1) is 25.0. The van der Waals surface area contributed by atoms with E-state index in [1.54, 1.807) is 5.01 Å². The zero-order valence-corrected chi connectivity index (χ0v) is 18.1. The van der Waals surface area contributed by atoms with Gasteiger partial charge in [0.1, 0.15) is 12.8 Å². The lowest BCUT2D eigenvalue weighted by Crippen LogP contribution is -2.53. The van der Waals surface area contributed by atoms with Crippen LogP contribution in [0.2, 0.25) is 0 Å². The van der Waals surface area contributed by atoms with Crippen LogP contribution in [-0.4, -0.2) is 112 Å². The quantitative estimate of drug-likeness (QED) is 0.229. The van der Waals surface area contributed by atoms with Crippen molar-refractivity contribution in [1.29, 1.82) is 0 Å². The van der Waals surface area contributed by atoms with Crippen LogP contribution in [0.5, 0.6) is 0 Å². The second kappa shape index (κ2) is 14.7. The Morgan fingerprint density at radius 2 is 1.06 bits per heavy atom. The Labute approximate surface area is 183 Å². The Balaban J connectivity index is 2.04. The van der Waals surface area contributed by atoms with E-state index in [0.29, 0.717) is 58.9 Å². The van der Waals surface area contributed by atoms with Crippen LogP contribution in [0.4, 0.5) is 0 Å². The maximum atomic E-state index is 12.9. The van der Waals surface area contributed by atoms with Crippen molar-refractivity contribution < 1.29 is 19.2 Å². The van der Waals surface area contributed by atoms with Crippen LogP contribution in [0.1, 0.15) is 19.3 Å². The molecule has 0 unspecified atom stereocenters. The minimum Gasteiger partial charge on any atom is -0.354 e. The predicted octanol–water partition coefficient (Wildman–Crippen LogP) is -3.65. The van der Waals surface area contributed by atoms with Crippen molar-refractivity contribution in [1.82, 2.24) is 41.9 Å². The summed E-state index contributed by atoms with van der Waals surface area (Å²) in [4.78, 5) is 48.8. The van der Waals surface area contributed by atoms with Crippen molar-refractivity contribution in [2.75, 3.05) is 78.5 Å². The minimum atomic E-state index is -0.354. The molecule has 0 aromatic heterocycles. The lowest BCUT2D eigenvalue weighted by atomic mass is 10.3. The van der Waals surface area contributed by atoms with E-state index < -0.39 is 0 Å². The molecular formula is C19H36N8O4. The summed E-state index contributed by atoms with van der Waals surface area (Å²) in [6.45, 7) is 6.78. The third-order valence-corrected chi connectivity index (χ3v) is 4.95. The molecule has 2 aliphatic heterocycles. The number of hydrazine groups is 1. The van der Waals surface area contributed by atoms with E-state index in [1.807, 2.05) is 5.01 Å². The third-order valence-electron chi connectivity index (χ3n) is 4.95. The molecule has 0 bridgehead atoms. The van der Waals surface area contributed by atoms with E-state index in [0.717, 1.165) is 26.1 Å². The summed E-state index contributed by atoms with van der Waals surface area (Å²) in [5.41, 5.74) is 0. The normalized spacial score (nSPS) is 23.3. The van der Waals surface area contributed by atoms with Crippen molar-refractivity contribution in [3.63, 3.8) is 0 Å². The molecule has 0 saturated carbocycles. The maximum Gasteiger partial charge on any atom is 0.246 e. The van der Waals surface area contributed by atoms with Gasteiger partial charge in [-0.15, -0.1) is 0 Å². The number of nitrogens with zero attached hydrogens (tertiary/aromatic N) is 2. The number of rotatable bonds is 1. The van der Waals surface area contributed by atoms with Crippen molar-refractivity contribution in [3.8, 4) is 0 Å². The summed E-state index contributed by atoms with van der Waals surface area (Å²) in [5.74, 6) is -1.24. The van der Waals surface area contributed by atoms with Gasteiger partial charge in [0.25, 0.3) is 0 Å². The van der Waals surface area contributed by atoms with Gasteiger partial charge in [0.05, 0.1) is 6.54 Å². The van der Waals surface area contributed by atoms with Crippen molar-refractivity contribution in [2.24, 2.45) is 0 Å². The fourth-order valence-electron chi connectivity index (χ4n) is 3.37. The van der Waals surface area contributed by atoms with Crippen molar-refractivity contribution in [3.05, 3.63) is 0 Å². The van der Waals surface area contributed by atoms with E-state index in [2.05, 4.69) is 31.9 Å². The van der Waals surface area contributed by atoms with E-state index in [4.69, 9.17) is 0 Å². The Kier molecular flexibility index (Phi) is 11.8. The van der Waals surface area contributed by atoms with Crippen LogP contribution in [0.15, 0.2) is 0 Å². The van der Waals surface area contributed by atoms with E-state index in [-0.39, 0.29) is 36.5 Å². The van der Waals surface area contributed by atoms with Gasteiger partial charge in [-0.2, -0.15) is 0 Å². The number of nitrogens with one attached hydrogen (secondary N) is 6. The fourth-order valence-corrected chi connectivity index (χ4v) is 3.37. The SMILES string of the molecule is O=C1CC(=O)NCCN(N2CCNCCNCCNC(=O)CC2=O)CCCNCCN1. The zero-order chi connectivity index (χ0) is 22.3. The molecule has 2 rings (SSSR count). The summed E-state index contributed by atoms with van der Waals surface area (Å²) in [6.07, 6.45) is 0.331. The fraction of sp³-hybridized carbons (Fsp3) is 0.789. The largest absolute Gasteiger partial charge is 0.354 e. The van der Waals surface area contributed by atoms with E-state index in [9.17, 15) is 19.2 Å².